The van der Waals surface area contributed by atoms with Gasteiger partial charge in [0.15, 0.2) is 0 Å². The van der Waals surface area contributed by atoms with Crippen LogP contribution in [0.2, 0.25) is 0 Å². The molecule has 0 aromatic carbocycles. The second-order valence-electron chi connectivity index (χ2n) is 4.32. The number of aliphatic hydroxyl groups excluding tert-OH is 2. The highest BCUT2D eigenvalue weighted by molar-refractivity contribution is 7.99. The molecule has 0 rings (SSSR count). The second kappa shape index (κ2) is 10.9. The minimum Gasteiger partial charge on any atom is -0.394 e. The number of aliphatic hydroxyl groups is 2. The Morgan fingerprint density at radius 1 is 1.41 bits per heavy atom. The Labute approximate surface area is 108 Å². The second-order valence-corrected chi connectivity index (χ2v) is 5.35. The van der Waals surface area contributed by atoms with Crippen LogP contribution in [0.25, 0.3) is 0 Å². The fourth-order valence-corrected chi connectivity index (χ4v) is 2.19. The van der Waals surface area contributed by atoms with E-state index in [-0.39, 0.29) is 18.6 Å². The molecule has 0 aromatic heterocycles. The normalized spacial score (nSPS) is 14.4. The fraction of sp³-hybridized carbons (Fsp3) is 0.917. The summed E-state index contributed by atoms with van der Waals surface area (Å²) in [6.07, 6.45) is 3.83. The Bertz CT molecular complexity index is 202. The van der Waals surface area contributed by atoms with Crippen molar-refractivity contribution in [2.24, 2.45) is 0 Å². The van der Waals surface area contributed by atoms with Crippen molar-refractivity contribution in [3.8, 4) is 0 Å². The van der Waals surface area contributed by atoms with Gasteiger partial charge in [0.05, 0.1) is 18.5 Å². The summed E-state index contributed by atoms with van der Waals surface area (Å²) >= 11 is 1.34. The van der Waals surface area contributed by atoms with Gasteiger partial charge >= 0.3 is 0 Å². The van der Waals surface area contributed by atoms with E-state index in [2.05, 4.69) is 12.2 Å². The molecule has 17 heavy (non-hydrogen) atoms. The van der Waals surface area contributed by atoms with E-state index in [1.165, 1.54) is 24.6 Å². The van der Waals surface area contributed by atoms with Crippen LogP contribution in [-0.4, -0.2) is 46.4 Å². The van der Waals surface area contributed by atoms with E-state index in [1.54, 1.807) is 0 Å². The molecule has 0 saturated carbocycles. The number of carbonyl (C=O) groups is 1. The van der Waals surface area contributed by atoms with Gasteiger partial charge in [-0.1, -0.05) is 26.2 Å². The zero-order chi connectivity index (χ0) is 13.1. The van der Waals surface area contributed by atoms with Crippen molar-refractivity contribution in [2.45, 2.75) is 51.7 Å². The van der Waals surface area contributed by atoms with Crippen molar-refractivity contribution in [3.63, 3.8) is 0 Å². The molecule has 1 amide bonds. The lowest BCUT2D eigenvalue weighted by molar-refractivity contribution is -0.119. The fourth-order valence-electron chi connectivity index (χ4n) is 1.43. The van der Waals surface area contributed by atoms with Crippen LogP contribution in [0, 0.1) is 0 Å². The highest BCUT2D eigenvalue weighted by Gasteiger charge is 2.08. The number of hydrogen-bond acceptors (Lipinski definition) is 4. The van der Waals surface area contributed by atoms with Gasteiger partial charge in [-0.05, 0) is 13.3 Å². The quantitative estimate of drug-likeness (QED) is 0.517. The third-order valence-corrected chi connectivity index (χ3v) is 3.49. The van der Waals surface area contributed by atoms with Crippen molar-refractivity contribution in [3.05, 3.63) is 0 Å². The predicted octanol–water partition coefficient (Wildman–Crippen LogP) is 1.16. The summed E-state index contributed by atoms with van der Waals surface area (Å²) in [5.41, 5.74) is 0. The lowest BCUT2D eigenvalue weighted by Crippen LogP contribution is -2.34. The summed E-state index contributed by atoms with van der Waals surface area (Å²) in [4.78, 5) is 11.5. The number of thioether (sulfide) groups is 1. The summed E-state index contributed by atoms with van der Waals surface area (Å²) in [5.74, 6) is 0.743. The van der Waals surface area contributed by atoms with Gasteiger partial charge in [-0.3, -0.25) is 4.79 Å². The first-order valence-corrected chi connectivity index (χ1v) is 7.41. The largest absolute Gasteiger partial charge is 0.394 e. The van der Waals surface area contributed by atoms with E-state index in [0.717, 1.165) is 12.8 Å². The molecule has 0 saturated heterocycles. The highest BCUT2D eigenvalue weighted by Crippen LogP contribution is 2.05. The Hall–Kier alpha value is -0.260. The molecule has 0 aliphatic rings. The maximum absolute atomic E-state index is 11.5. The van der Waals surface area contributed by atoms with Crippen LogP contribution in [0.15, 0.2) is 0 Å². The SMILES string of the molecule is CCCCCC(C)NC(=O)CSCC(O)CO. The van der Waals surface area contributed by atoms with E-state index in [9.17, 15) is 4.79 Å². The molecule has 0 bridgehead atoms. The molecule has 0 spiro atoms. The van der Waals surface area contributed by atoms with Crippen LogP contribution in [-0.2, 0) is 4.79 Å². The minimum atomic E-state index is -0.727. The van der Waals surface area contributed by atoms with Gasteiger partial charge in [0.2, 0.25) is 5.91 Å². The Morgan fingerprint density at radius 3 is 2.71 bits per heavy atom. The molecule has 0 radical (unpaired) electrons. The van der Waals surface area contributed by atoms with Crippen LogP contribution in [0.3, 0.4) is 0 Å². The van der Waals surface area contributed by atoms with E-state index in [4.69, 9.17) is 10.2 Å². The van der Waals surface area contributed by atoms with Gasteiger partial charge in [-0.2, -0.15) is 0 Å². The molecule has 0 aliphatic carbocycles. The third-order valence-electron chi connectivity index (χ3n) is 2.40. The number of rotatable bonds is 10. The number of hydrogen-bond donors (Lipinski definition) is 3. The number of amides is 1. The van der Waals surface area contributed by atoms with Gasteiger partial charge in [0, 0.05) is 11.8 Å². The number of nitrogens with one attached hydrogen (secondary N) is 1. The zero-order valence-electron chi connectivity index (χ0n) is 10.8. The number of carbonyl (C=O) groups excluding carboxylic acids is 1. The smallest absolute Gasteiger partial charge is 0.230 e. The maximum atomic E-state index is 11.5. The van der Waals surface area contributed by atoms with Gasteiger partial charge < -0.3 is 15.5 Å². The minimum absolute atomic E-state index is 0.00383. The molecule has 102 valence electrons. The van der Waals surface area contributed by atoms with E-state index in [0.29, 0.717) is 11.5 Å². The molecule has 0 fully saturated rings. The van der Waals surface area contributed by atoms with Crippen LogP contribution < -0.4 is 5.32 Å². The first kappa shape index (κ1) is 16.7. The average Bonchev–Trinajstić information content (AvgIpc) is 2.29. The first-order chi connectivity index (χ1) is 8.10. The highest BCUT2D eigenvalue weighted by atomic mass is 32.2. The van der Waals surface area contributed by atoms with Crippen molar-refractivity contribution in [1.29, 1.82) is 0 Å². The van der Waals surface area contributed by atoms with Crippen molar-refractivity contribution in [1.82, 2.24) is 5.32 Å². The van der Waals surface area contributed by atoms with Gasteiger partial charge in [-0.25, -0.2) is 0 Å². The van der Waals surface area contributed by atoms with Crippen LogP contribution >= 0.6 is 11.8 Å². The monoisotopic (exact) mass is 263 g/mol. The van der Waals surface area contributed by atoms with Crippen molar-refractivity contribution < 1.29 is 15.0 Å². The Kier molecular flexibility index (Phi) is 10.7. The van der Waals surface area contributed by atoms with Crippen LogP contribution in [0.5, 0.6) is 0 Å². The first-order valence-electron chi connectivity index (χ1n) is 6.26. The molecule has 5 heteroatoms. The molecule has 0 heterocycles. The number of unbranched alkanes of at least 4 members (excludes halogenated alkanes) is 2. The molecular formula is C12H25NO3S. The molecule has 0 aliphatic heterocycles. The summed E-state index contributed by atoms with van der Waals surface area (Å²) < 4.78 is 0. The summed E-state index contributed by atoms with van der Waals surface area (Å²) in [5, 5.41) is 20.6. The Morgan fingerprint density at radius 2 is 2.12 bits per heavy atom. The standard InChI is InChI=1S/C12H25NO3S/c1-3-4-5-6-10(2)13-12(16)9-17-8-11(15)7-14/h10-11,14-15H,3-9H2,1-2H3,(H,13,16). The van der Waals surface area contributed by atoms with Crippen molar-refractivity contribution in [2.75, 3.05) is 18.1 Å². The molecule has 2 atom stereocenters. The molecular weight excluding hydrogens is 238 g/mol. The molecule has 0 aromatic rings. The van der Waals surface area contributed by atoms with Gasteiger partial charge in [-0.15, -0.1) is 11.8 Å². The average molecular weight is 263 g/mol. The predicted molar refractivity (Wildman–Crippen MR) is 72.2 cm³/mol. The van der Waals surface area contributed by atoms with Crippen LogP contribution in [0.4, 0.5) is 0 Å². The van der Waals surface area contributed by atoms with E-state index < -0.39 is 6.10 Å². The van der Waals surface area contributed by atoms with E-state index in [1.807, 2.05) is 6.92 Å². The third kappa shape index (κ3) is 10.6. The zero-order valence-corrected chi connectivity index (χ0v) is 11.6. The van der Waals surface area contributed by atoms with Gasteiger partial charge in [0.1, 0.15) is 0 Å². The van der Waals surface area contributed by atoms with E-state index >= 15 is 0 Å². The summed E-state index contributed by atoms with van der Waals surface area (Å²) in [6.45, 7) is 3.93. The lowest BCUT2D eigenvalue weighted by atomic mass is 10.1. The summed E-state index contributed by atoms with van der Waals surface area (Å²) in [6, 6.07) is 0.220. The van der Waals surface area contributed by atoms with Crippen molar-refractivity contribution >= 4 is 17.7 Å². The lowest BCUT2D eigenvalue weighted by Gasteiger charge is -2.13. The molecule has 2 unspecified atom stereocenters. The molecule has 3 N–H and O–H groups in total. The van der Waals surface area contributed by atoms with Crippen LogP contribution in [0.1, 0.15) is 39.5 Å². The van der Waals surface area contributed by atoms with Gasteiger partial charge in [0.25, 0.3) is 0 Å². The Balaban J connectivity index is 3.50. The summed E-state index contributed by atoms with van der Waals surface area (Å²) in [7, 11) is 0. The molecule has 4 nitrogen and oxygen atoms in total. The maximum Gasteiger partial charge on any atom is 0.230 e. The topological polar surface area (TPSA) is 69.6 Å².